The fourth-order valence-electron chi connectivity index (χ4n) is 1.53. The maximum atomic E-state index is 11.5. The Morgan fingerprint density at radius 2 is 2.60 bits per heavy atom. The fourth-order valence-corrected chi connectivity index (χ4v) is 1.53. The minimum Gasteiger partial charge on any atom is -0.392 e. The van der Waals surface area contributed by atoms with Gasteiger partial charge in [-0.2, -0.15) is 5.10 Å². The molecule has 82 valence electrons. The van der Waals surface area contributed by atoms with Gasteiger partial charge in [0.2, 0.25) is 5.91 Å². The van der Waals surface area contributed by atoms with Crippen molar-refractivity contribution < 1.29 is 9.90 Å². The van der Waals surface area contributed by atoms with E-state index in [2.05, 4.69) is 25.8 Å². The molecule has 1 saturated heterocycles. The van der Waals surface area contributed by atoms with Crippen LogP contribution in [-0.4, -0.2) is 44.9 Å². The summed E-state index contributed by atoms with van der Waals surface area (Å²) in [6.07, 6.45) is 1.42. The highest BCUT2D eigenvalue weighted by atomic mass is 16.3. The zero-order valence-corrected chi connectivity index (χ0v) is 8.10. The largest absolute Gasteiger partial charge is 0.392 e. The molecule has 0 saturated carbocycles. The molecule has 2 heterocycles. The number of nitrogens with one attached hydrogen (secondary N) is 3. The Hall–Kier alpha value is -1.47. The molecule has 1 fully saturated rings. The minimum absolute atomic E-state index is 0.122. The molecule has 0 aliphatic carbocycles. The molecule has 2 atom stereocenters. The fraction of sp³-hybridized carbons (Fsp3) is 0.625. The van der Waals surface area contributed by atoms with Gasteiger partial charge in [0.1, 0.15) is 12.2 Å². The number of carbonyl (C=O) groups is 1. The predicted molar refractivity (Wildman–Crippen MR) is 50.6 cm³/mol. The molecule has 1 aliphatic rings. The van der Waals surface area contributed by atoms with Gasteiger partial charge in [-0.15, -0.1) is 0 Å². The first-order valence-electron chi connectivity index (χ1n) is 4.79. The van der Waals surface area contributed by atoms with Crippen LogP contribution in [0.15, 0.2) is 6.33 Å². The summed E-state index contributed by atoms with van der Waals surface area (Å²) in [5.41, 5.74) is 0. The zero-order valence-electron chi connectivity index (χ0n) is 8.10. The van der Waals surface area contributed by atoms with E-state index in [1.54, 1.807) is 0 Å². The van der Waals surface area contributed by atoms with Crippen LogP contribution in [0.1, 0.15) is 12.2 Å². The number of amides is 1. The molecule has 7 heteroatoms. The Balaban J connectivity index is 1.78. The topological polar surface area (TPSA) is 103 Å². The number of aliphatic hydroxyl groups excluding tert-OH is 1. The maximum absolute atomic E-state index is 11.5. The second kappa shape index (κ2) is 4.37. The van der Waals surface area contributed by atoms with Crippen molar-refractivity contribution in [1.82, 2.24) is 25.8 Å². The zero-order chi connectivity index (χ0) is 10.7. The average molecular weight is 211 g/mol. The van der Waals surface area contributed by atoms with Crippen LogP contribution in [0, 0.1) is 0 Å². The van der Waals surface area contributed by atoms with Gasteiger partial charge in [-0.25, -0.2) is 4.98 Å². The third-order valence-electron chi connectivity index (χ3n) is 2.32. The molecule has 0 radical (unpaired) electrons. The van der Waals surface area contributed by atoms with E-state index >= 15 is 0 Å². The van der Waals surface area contributed by atoms with Gasteiger partial charge in [0.25, 0.3) is 0 Å². The molecule has 2 rings (SSSR count). The highest BCUT2D eigenvalue weighted by Crippen LogP contribution is 2.05. The summed E-state index contributed by atoms with van der Waals surface area (Å²) in [5.74, 6) is 0.491. The number of nitrogens with zero attached hydrogens (tertiary/aromatic N) is 2. The van der Waals surface area contributed by atoms with E-state index in [0.29, 0.717) is 25.3 Å². The first-order valence-corrected chi connectivity index (χ1v) is 4.79. The molecule has 0 spiro atoms. The quantitative estimate of drug-likeness (QED) is 0.469. The van der Waals surface area contributed by atoms with E-state index in [4.69, 9.17) is 0 Å². The molecule has 2 unspecified atom stereocenters. The Morgan fingerprint density at radius 1 is 1.73 bits per heavy atom. The van der Waals surface area contributed by atoms with E-state index in [9.17, 15) is 9.90 Å². The molecule has 1 aromatic rings. The molecule has 1 aromatic heterocycles. The number of rotatable bonds is 3. The van der Waals surface area contributed by atoms with Crippen LogP contribution in [0.25, 0.3) is 0 Å². The minimum atomic E-state index is -0.425. The maximum Gasteiger partial charge on any atom is 0.237 e. The summed E-state index contributed by atoms with van der Waals surface area (Å²) in [6.45, 7) is 0.799. The monoisotopic (exact) mass is 211 g/mol. The van der Waals surface area contributed by atoms with E-state index < -0.39 is 6.10 Å². The van der Waals surface area contributed by atoms with Gasteiger partial charge in [-0.1, -0.05) is 0 Å². The van der Waals surface area contributed by atoms with Crippen molar-refractivity contribution in [3.63, 3.8) is 0 Å². The van der Waals surface area contributed by atoms with Crippen LogP contribution in [0.5, 0.6) is 0 Å². The van der Waals surface area contributed by atoms with E-state index in [0.717, 1.165) is 0 Å². The van der Waals surface area contributed by atoms with E-state index in [1.807, 2.05) is 0 Å². The van der Waals surface area contributed by atoms with Crippen molar-refractivity contribution in [1.29, 1.82) is 0 Å². The third kappa shape index (κ3) is 2.51. The number of hydrogen-bond donors (Lipinski definition) is 4. The van der Waals surface area contributed by atoms with Gasteiger partial charge >= 0.3 is 0 Å². The average Bonchev–Trinajstić information content (AvgIpc) is 2.84. The number of aromatic nitrogens is 3. The second-order valence-corrected chi connectivity index (χ2v) is 3.50. The molecule has 0 aromatic carbocycles. The van der Waals surface area contributed by atoms with Crippen LogP contribution in [0.2, 0.25) is 0 Å². The molecule has 7 nitrogen and oxygen atoms in total. The number of H-pyrrole nitrogens is 1. The van der Waals surface area contributed by atoms with Gasteiger partial charge in [0, 0.05) is 6.54 Å². The van der Waals surface area contributed by atoms with Gasteiger partial charge in [-0.05, 0) is 6.42 Å². The van der Waals surface area contributed by atoms with Crippen LogP contribution in [-0.2, 0) is 11.3 Å². The highest BCUT2D eigenvalue weighted by Gasteiger charge is 2.27. The summed E-state index contributed by atoms with van der Waals surface area (Å²) in [4.78, 5) is 15.4. The second-order valence-electron chi connectivity index (χ2n) is 3.50. The number of hydrogen-bond acceptors (Lipinski definition) is 5. The van der Waals surface area contributed by atoms with Crippen LogP contribution < -0.4 is 10.6 Å². The van der Waals surface area contributed by atoms with Crippen LogP contribution >= 0.6 is 0 Å². The molecular weight excluding hydrogens is 198 g/mol. The molecule has 0 bridgehead atoms. The summed E-state index contributed by atoms with van der Waals surface area (Å²) < 4.78 is 0. The lowest BCUT2D eigenvalue weighted by Crippen LogP contribution is -2.40. The van der Waals surface area contributed by atoms with E-state index in [1.165, 1.54) is 6.33 Å². The Kier molecular flexibility index (Phi) is 2.93. The smallest absolute Gasteiger partial charge is 0.237 e. The van der Waals surface area contributed by atoms with Crippen molar-refractivity contribution >= 4 is 5.91 Å². The lowest BCUT2D eigenvalue weighted by molar-refractivity contribution is -0.123. The van der Waals surface area contributed by atoms with Crippen molar-refractivity contribution in [2.24, 2.45) is 0 Å². The lowest BCUT2D eigenvalue weighted by atomic mass is 10.2. The predicted octanol–water partition coefficient (Wildman–Crippen LogP) is -1.86. The van der Waals surface area contributed by atoms with Crippen molar-refractivity contribution in [2.45, 2.75) is 25.1 Å². The lowest BCUT2D eigenvalue weighted by Gasteiger charge is -2.09. The number of aliphatic hydroxyl groups is 1. The highest BCUT2D eigenvalue weighted by molar-refractivity contribution is 5.82. The summed E-state index contributed by atoms with van der Waals surface area (Å²) >= 11 is 0. The standard InChI is InChI=1S/C8H13N5O2/c14-5-1-6(9-2-5)8(15)10-3-7-11-4-12-13-7/h4-6,9,14H,1-3H2,(H,10,15)(H,11,12,13). The van der Waals surface area contributed by atoms with E-state index in [-0.39, 0.29) is 11.9 Å². The summed E-state index contributed by atoms with van der Waals surface area (Å²) in [7, 11) is 0. The van der Waals surface area contributed by atoms with Crippen molar-refractivity contribution in [3.05, 3.63) is 12.2 Å². The third-order valence-corrected chi connectivity index (χ3v) is 2.32. The normalized spacial score (nSPS) is 25.4. The van der Waals surface area contributed by atoms with Crippen LogP contribution in [0.3, 0.4) is 0 Å². The van der Waals surface area contributed by atoms with Gasteiger partial charge in [0.15, 0.2) is 0 Å². The SMILES string of the molecule is O=C(NCc1ncn[nH]1)C1CC(O)CN1. The number of β-amino-alcohol motifs (C(OH)–C–C–N with tert-alkyl or cyclic N) is 1. The molecule has 4 N–H and O–H groups in total. The molecule has 1 aliphatic heterocycles. The Labute approximate surface area is 86.3 Å². The van der Waals surface area contributed by atoms with Gasteiger partial charge in [-0.3, -0.25) is 9.89 Å². The Morgan fingerprint density at radius 3 is 3.20 bits per heavy atom. The van der Waals surface area contributed by atoms with Crippen molar-refractivity contribution in [3.8, 4) is 0 Å². The first-order chi connectivity index (χ1) is 7.25. The summed E-state index contributed by atoms with van der Waals surface area (Å²) in [6, 6.07) is -0.303. The van der Waals surface area contributed by atoms with Crippen LogP contribution in [0.4, 0.5) is 0 Å². The molecule has 1 amide bonds. The summed E-state index contributed by atoms with van der Waals surface area (Å²) in [5, 5.41) is 21.2. The molecule has 15 heavy (non-hydrogen) atoms. The number of carbonyl (C=O) groups excluding carboxylic acids is 1. The van der Waals surface area contributed by atoms with Gasteiger partial charge < -0.3 is 15.7 Å². The first kappa shape index (κ1) is 10.1. The van der Waals surface area contributed by atoms with Crippen molar-refractivity contribution in [2.75, 3.05) is 6.54 Å². The Bertz CT molecular complexity index is 326. The number of aromatic amines is 1. The van der Waals surface area contributed by atoms with Gasteiger partial charge in [0.05, 0.1) is 18.7 Å². The molecular formula is C8H13N5O2.